The van der Waals surface area contributed by atoms with Crippen molar-refractivity contribution in [3.63, 3.8) is 0 Å². The monoisotopic (exact) mass is 382 g/mol. The number of hydrogen-bond acceptors (Lipinski definition) is 3. The summed E-state index contributed by atoms with van der Waals surface area (Å²) in [5.41, 5.74) is 8.85. The number of primary amides is 1. The van der Waals surface area contributed by atoms with Crippen molar-refractivity contribution in [1.29, 1.82) is 0 Å². The molecule has 2 aromatic rings. The Morgan fingerprint density at radius 3 is 2.25 bits per heavy atom. The van der Waals surface area contributed by atoms with Gasteiger partial charge >= 0.3 is 0 Å². The maximum absolute atomic E-state index is 10.7. The smallest absolute Gasteiger partial charge is 0.255 e. The van der Waals surface area contributed by atoms with Crippen LogP contribution in [0.4, 0.5) is 0 Å². The molecule has 2 aromatic carbocycles. The third kappa shape index (κ3) is 6.95. The predicted molar refractivity (Wildman–Crippen MR) is 113 cm³/mol. The number of hydrogen-bond donors (Lipinski definition) is 2. The number of aryl methyl sites for hydroxylation is 1. The van der Waals surface area contributed by atoms with Gasteiger partial charge in [0.1, 0.15) is 5.75 Å². The lowest BCUT2D eigenvalue weighted by Gasteiger charge is -2.22. The summed E-state index contributed by atoms with van der Waals surface area (Å²) >= 11 is 0. The van der Waals surface area contributed by atoms with Crippen LogP contribution in [0, 0.1) is 0 Å². The molecule has 6 heteroatoms. The number of nitrogens with two attached hydrogens (primary N) is 1. The van der Waals surface area contributed by atoms with Gasteiger partial charge in [0, 0.05) is 27.2 Å². The van der Waals surface area contributed by atoms with Gasteiger partial charge in [0.2, 0.25) is 0 Å². The molecule has 0 unspecified atom stereocenters. The molecule has 1 amide bonds. The van der Waals surface area contributed by atoms with E-state index in [0.29, 0.717) is 5.75 Å². The van der Waals surface area contributed by atoms with E-state index < -0.39 is 5.91 Å². The van der Waals surface area contributed by atoms with Gasteiger partial charge in [0.05, 0.1) is 0 Å². The van der Waals surface area contributed by atoms with Gasteiger partial charge in [-0.1, -0.05) is 43.3 Å². The highest BCUT2D eigenvalue weighted by atomic mass is 16.5. The molecule has 28 heavy (non-hydrogen) atoms. The van der Waals surface area contributed by atoms with Crippen LogP contribution in [-0.2, 0) is 24.2 Å². The summed E-state index contributed by atoms with van der Waals surface area (Å²) in [5.74, 6) is 1.02. The molecule has 2 rings (SSSR count). The Morgan fingerprint density at radius 1 is 1.07 bits per heavy atom. The summed E-state index contributed by atoms with van der Waals surface area (Å²) in [4.78, 5) is 17.2. The first-order chi connectivity index (χ1) is 13.5. The molecule has 0 heterocycles. The molecule has 3 N–H and O–H groups in total. The van der Waals surface area contributed by atoms with Crippen molar-refractivity contribution >= 4 is 11.9 Å². The molecule has 0 aliphatic heterocycles. The Morgan fingerprint density at radius 2 is 1.68 bits per heavy atom. The van der Waals surface area contributed by atoms with Gasteiger partial charge in [0.15, 0.2) is 12.6 Å². The molecule has 0 fully saturated rings. The topological polar surface area (TPSA) is 79.9 Å². The summed E-state index contributed by atoms with van der Waals surface area (Å²) in [7, 11) is 3.83. The van der Waals surface area contributed by atoms with E-state index in [1.54, 1.807) is 7.05 Å². The number of aliphatic imine (C=N–C) groups is 1. The molecule has 0 saturated heterocycles. The molecular formula is C22H30N4O2. The standard InChI is InChI=1S/C22H30N4O2/c1-4-17-5-7-19(8-6-17)15-26(3)22(24-2)25-14-13-18-9-11-20(12-10-18)28-16-21(23)27/h5-12H,4,13-16H2,1-3H3,(H2,23,27)(H,24,25). The third-order valence-corrected chi connectivity index (χ3v) is 4.43. The number of guanidine groups is 1. The second-order valence-electron chi connectivity index (χ2n) is 6.65. The van der Waals surface area contributed by atoms with Crippen molar-refractivity contribution in [3.8, 4) is 5.75 Å². The van der Waals surface area contributed by atoms with E-state index in [1.165, 1.54) is 16.7 Å². The molecule has 0 aromatic heterocycles. The average Bonchev–Trinajstić information content (AvgIpc) is 2.71. The molecule has 0 bridgehead atoms. The second-order valence-corrected chi connectivity index (χ2v) is 6.65. The zero-order valence-electron chi connectivity index (χ0n) is 16.9. The lowest BCUT2D eigenvalue weighted by Crippen LogP contribution is -2.39. The lowest BCUT2D eigenvalue weighted by atomic mass is 10.1. The van der Waals surface area contributed by atoms with Crippen LogP contribution in [0.15, 0.2) is 53.5 Å². The number of rotatable bonds is 9. The van der Waals surface area contributed by atoms with Crippen molar-refractivity contribution in [3.05, 3.63) is 65.2 Å². The largest absolute Gasteiger partial charge is 0.484 e. The summed E-state index contributed by atoms with van der Waals surface area (Å²) in [6.07, 6.45) is 1.91. The zero-order chi connectivity index (χ0) is 20.4. The van der Waals surface area contributed by atoms with Crippen molar-refractivity contribution in [2.24, 2.45) is 10.7 Å². The number of benzene rings is 2. The Labute approximate surface area is 167 Å². The molecule has 0 saturated carbocycles. The lowest BCUT2D eigenvalue weighted by molar-refractivity contribution is -0.119. The van der Waals surface area contributed by atoms with E-state index >= 15 is 0 Å². The molecule has 0 spiro atoms. The van der Waals surface area contributed by atoms with Crippen LogP contribution in [0.25, 0.3) is 0 Å². The van der Waals surface area contributed by atoms with Gasteiger partial charge in [0.25, 0.3) is 5.91 Å². The summed E-state index contributed by atoms with van der Waals surface area (Å²) in [6.45, 7) is 3.63. The van der Waals surface area contributed by atoms with Gasteiger partial charge in [-0.2, -0.15) is 0 Å². The zero-order valence-corrected chi connectivity index (χ0v) is 16.9. The van der Waals surface area contributed by atoms with Crippen LogP contribution in [0.1, 0.15) is 23.6 Å². The third-order valence-electron chi connectivity index (χ3n) is 4.43. The van der Waals surface area contributed by atoms with Gasteiger partial charge in [-0.3, -0.25) is 9.79 Å². The van der Waals surface area contributed by atoms with E-state index in [2.05, 4.69) is 46.4 Å². The highest BCUT2D eigenvalue weighted by Crippen LogP contribution is 2.12. The SMILES string of the molecule is CCc1ccc(CN(C)C(=NC)NCCc2ccc(OCC(N)=O)cc2)cc1. The number of ether oxygens (including phenoxy) is 1. The van der Waals surface area contributed by atoms with Crippen LogP contribution >= 0.6 is 0 Å². The van der Waals surface area contributed by atoms with E-state index in [9.17, 15) is 4.79 Å². The highest BCUT2D eigenvalue weighted by molar-refractivity contribution is 5.79. The van der Waals surface area contributed by atoms with E-state index in [0.717, 1.165) is 31.9 Å². The molecule has 0 radical (unpaired) electrons. The number of carbonyl (C=O) groups is 1. The fraction of sp³-hybridized carbons (Fsp3) is 0.364. The first-order valence-electron chi connectivity index (χ1n) is 9.51. The Kier molecular flexibility index (Phi) is 8.34. The van der Waals surface area contributed by atoms with E-state index in [1.807, 2.05) is 31.3 Å². The van der Waals surface area contributed by atoms with Gasteiger partial charge in [-0.05, 0) is 41.7 Å². The van der Waals surface area contributed by atoms with Crippen molar-refractivity contribution in [2.75, 3.05) is 27.2 Å². The number of carbonyl (C=O) groups excluding carboxylic acids is 1. The van der Waals surface area contributed by atoms with Crippen LogP contribution in [0.5, 0.6) is 5.75 Å². The molecule has 6 nitrogen and oxygen atoms in total. The highest BCUT2D eigenvalue weighted by Gasteiger charge is 2.07. The maximum Gasteiger partial charge on any atom is 0.255 e. The molecular weight excluding hydrogens is 352 g/mol. The predicted octanol–water partition coefficient (Wildman–Crippen LogP) is 2.36. The van der Waals surface area contributed by atoms with Crippen molar-refractivity contribution in [2.45, 2.75) is 26.3 Å². The van der Waals surface area contributed by atoms with Crippen molar-refractivity contribution in [1.82, 2.24) is 10.2 Å². The minimum absolute atomic E-state index is 0.106. The Balaban J connectivity index is 1.80. The van der Waals surface area contributed by atoms with Crippen LogP contribution < -0.4 is 15.8 Å². The first kappa shape index (κ1) is 21.3. The molecule has 150 valence electrons. The number of nitrogens with zero attached hydrogens (tertiary/aromatic N) is 2. The Hall–Kier alpha value is -3.02. The summed E-state index contributed by atoms with van der Waals surface area (Å²) in [6, 6.07) is 16.4. The molecule has 0 aliphatic carbocycles. The normalized spacial score (nSPS) is 11.2. The summed E-state index contributed by atoms with van der Waals surface area (Å²) in [5, 5.41) is 3.40. The average molecular weight is 383 g/mol. The van der Waals surface area contributed by atoms with E-state index in [4.69, 9.17) is 10.5 Å². The van der Waals surface area contributed by atoms with Crippen LogP contribution in [0.3, 0.4) is 0 Å². The number of nitrogens with one attached hydrogen (secondary N) is 1. The maximum atomic E-state index is 10.7. The first-order valence-corrected chi connectivity index (χ1v) is 9.51. The van der Waals surface area contributed by atoms with E-state index in [-0.39, 0.29) is 6.61 Å². The Bertz CT molecular complexity index is 770. The van der Waals surface area contributed by atoms with Crippen molar-refractivity contribution < 1.29 is 9.53 Å². The van der Waals surface area contributed by atoms with Crippen LogP contribution in [-0.4, -0.2) is 44.0 Å². The molecule has 0 atom stereocenters. The van der Waals surface area contributed by atoms with Gasteiger partial charge < -0.3 is 20.7 Å². The number of amides is 1. The second kappa shape index (κ2) is 11.0. The molecule has 0 aliphatic rings. The van der Waals surface area contributed by atoms with Gasteiger partial charge in [-0.25, -0.2) is 0 Å². The summed E-state index contributed by atoms with van der Waals surface area (Å²) < 4.78 is 5.27. The minimum atomic E-state index is -0.481. The fourth-order valence-electron chi connectivity index (χ4n) is 2.84. The minimum Gasteiger partial charge on any atom is -0.484 e. The van der Waals surface area contributed by atoms with Crippen LogP contribution in [0.2, 0.25) is 0 Å². The fourth-order valence-corrected chi connectivity index (χ4v) is 2.84. The quantitative estimate of drug-likeness (QED) is 0.515. The van der Waals surface area contributed by atoms with Gasteiger partial charge in [-0.15, -0.1) is 0 Å².